The normalized spacial score (nSPS) is 16.8. The van der Waals surface area contributed by atoms with Crippen molar-refractivity contribution in [2.75, 3.05) is 13.1 Å². The number of hydrogen-bond acceptors (Lipinski definition) is 1. The molecule has 27 heavy (non-hydrogen) atoms. The Morgan fingerprint density at radius 3 is 1.56 bits per heavy atom. The fraction of sp³-hybridized carbons (Fsp3) is 0.308. The Labute approximate surface area is 163 Å². The molecule has 3 aromatic rings. The molecule has 0 N–H and O–H groups in total. The molecule has 0 spiro atoms. The maximum absolute atomic E-state index is 2.75. The van der Waals surface area contributed by atoms with Crippen molar-refractivity contribution in [2.24, 2.45) is 0 Å². The van der Waals surface area contributed by atoms with E-state index in [9.17, 15) is 0 Å². The van der Waals surface area contributed by atoms with E-state index in [4.69, 9.17) is 0 Å². The summed E-state index contributed by atoms with van der Waals surface area (Å²) in [6.07, 6.45) is 3.90. The van der Waals surface area contributed by atoms with E-state index in [1.165, 1.54) is 36.0 Å². The first kappa shape index (κ1) is 18.0. The van der Waals surface area contributed by atoms with Crippen LogP contribution in [0.4, 0.5) is 0 Å². The molecule has 1 aliphatic rings. The Kier molecular flexibility index (Phi) is 5.40. The van der Waals surface area contributed by atoms with Crippen molar-refractivity contribution in [1.29, 1.82) is 0 Å². The highest BCUT2D eigenvalue weighted by Crippen LogP contribution is 2.48. The van der Waals surface area contributed by atoms with Gasteiger partial charge in [0, 0.05) is 5.92 Å². The highest BCUT2D eigenvalue weighted by atomic mass is 15.2. The first-order chi connectivity index (χ1) is 13.3. The first-order valence-electron chi connectivity index (χ1n) is 10.2. The Morgan fingerprint density at radius 1 is 0.630 bits per heavy atom. The van der Waals surface area contributed by atoms with Crippen LogP contribution in [-0.2, 0) is 5.54 Å². The van der Waals surface area contributed by atoms with Gasteiger partial charge < -0.3 is 0 Å². The number of hydrogen-bond donors (Lipinski definition) is 0. The Hall–Kier alpha value is -2.38. The summed E-state index contributed by atoms with van der Waals surface area (Å²) in [4.78, 5) is 2.75. The number of benzene rings is 3. The van der Waals surface area contributed by atoms with Crippen LogP contribution in [0.3, 0.4) is 0 Å². The van der Waals surface area contributed by atoms with E-state index >= 15 is 0 Å². The van der Waals surface area contributed by atoms with Gasteiger partial charge >= 0.3 is 0 Å². The van der Waals surface area contributed by atoms with E-state index < -0.39 is 0 Å². The van der Waals surface area contributed by atoms with Gasteiger partial charge in [0.1, 0.15) is 0 Å². The minimum Gasteiger partial charge on any atom is -0.289 e. The Bertz CT molecular complexity index is 780. The van der Waals surface area contributed by atoms with E-state index in [0.29, 0.717) is 5.92 Å². The van der Waals surface area contributed by atoms with E-state index in [1.807, 2.05) is 0 Å². The van der Waals surface area contributed by atoms with Crippen molar-refractivity contribution in [2.45, 2.75) is 37.6 Å². The van der Waals surface area contributed by atoms with Gasteiger partial charge in [0.2, 0.25) is 0 Å². The molecule has 1 aliphatic heterocycles. The molecule has 1 fully saturated rings. The molecular weight excluding hydrogens is 326 g/mol. The largest absolute Gasteiger partial charge is 0.289 e. The molecule has 1 heteroatoms. The lowest BCUT2D eigenvalue weighted by Crippen LogP contribution is -2.52. The van der Waals surface area contributed by atoms with Crippen LogP contribution >= 0.6 is 0 Å². The van der Waals surface area contributed by atoms with Crippen molar-refractivity contribution >= 4 is 0 Å². The molecule has 1 atom stereocenters. The van der Waals surface area contributed by atoms with Gasteiger partial charge in [-0.2, -0.15) is 0 Å². The van der Waals surface area contributed by atoms with Crippen molar-refractivity contribution in [3.8, 4) is 0 Å². The van der Waals surface area contributed by atoms with Crippen LogP contribution < -0.4 is 0 Å². The van der Waals surface area contributed by atoms with Crippen LogP contribution in [0.25, 0.3) is 0 Å². The number of rotatable bonds is 5. The molecule has 1 heterocycles. The quantitative estimate of drug-likeness (QED) is 0.525. The van der Waals surface area contributed by atoms with Gasteiger partial charge in [-0.05, 0) is 42.6 Å². The summed E-state index contributed by atoms with van der Waals surface area (Å²) in [7, 11) is 0. The smallest absolute Gasteiger partial charge is 0.0782 e. The second kappa shape index (κ2) is 8.10. The third-order valence-electron chi connectivity index (χ3n) is 6.21. The Morgan fingerprint density at radius 2 is 1.07 bits per heavy atom. The third kappa shape index (κ3) is 3.33. The summed E-state index contributed by atoms with van der Waals surface area (Å²) in [6.45, 7) is 4.71. The topological polar surface area (TPSA) is 3.24 Å². The van der Waals surface area contributed by atoms with Crippen LogP contribution in [0.5, 0.6) is 0 Å². The summed E-state index contributed by atoms with van der Waals surface area (Å²) in [5, 5.41) is 0. The van der Waals surface area contributed by atoms with Crippen molar-refractivity contribution < 1.29 is 0 Å². The molecule has 0 radical (unpaired) electrons. The lowest BCUT2D eigenvalue weighted by Gasteiger charge is -2.50. The van der Waals surface area contributed by atoms with E-state index in [-0.39, 0.29) is 5.54 Å². The summed E-state index contributed by atoms with van der Waals surface area (Å²) in [5.74, 6) is 0.349. The average molecular weight is 356 g/mol. The monoisotopic (exact) mass is 355 g/mol. The Balaban J connectivity index is 1.96. The summed E-state index contributed by atoms with van der Waals surface area (Å²) >= 11 is 0. The lowest BCUT2D eigenvalue weighted by atomic mass is 9.69. The first-order valence-corrected chi connectivity index (χ1v) is 10.2. The van der Waals surface area contributed by atoms with E-state index in [0.717, 1.165) is 13.1 Å². The molecule has 0 aromatic heterocycles. The molecule has 3 aromatic carbocycles. The van der Waals surface area contributed by atoms with Crippen LogP contribution in [0, 0.1) is 0 Å². The lowest BCUT2D eigenvalue weighted by molar-refractivity contribution is 0.0765. The van der Waals surface area contributed by atoms with Gasteiger partial charge in [-0.3, -0.25) is 4.90 Å². The maximum atomic E-state index is 2.75. The fourth-order valence-electron chi connectivity index (χ4n) is 4.92. The molecule has 0 amide bonds. The van der Waals surface area contributed by atoms with Crippen LogP contribution in [0.2, 0.25) is 0 Å². The minimum atomic E-state index is -0.149. The third-order valence-corrected chi connectivity index (χ3v) is 6.21. The van der Waals surface area contributed by atoms with Gasteiger partial charge in [0.25, 0.3) is 0 Å². The SMILES string of the molecule is CC(c1ccccc1)C(c1ccccc1)(c1ccccc1)N1CCCCC1. The van der Waals surface area contributed by atoms with Gasteiger partial charge in [-0.25, -0.2) is 0 Å². The van der Waals surface area contributed by atoms with Crippen molar-refractivity contribution in [3.05, 3.63) is 108 Å². The zero-order valence-corrected chi connectivity index (χ0v) is 16.2. The highest BCUT2D eigenvalue weighted by Gasteiger charge is 2.45. The number of likely N-dealkylation sites (tertiary alicyclic amines) is 1. The van der Waals surface area contributed by atoms with Crippen molar-refractivity contribution in [3.63, 3.8) is 0 Å². The van der Waals surface area contributed by atoms with Crippen molar-refractivity contribution in [1.82, 2.24) is 4.90 Å². The summed E-state index contributed by atoms with van der Waals surface area (Å²) < 4.78 is 0. The molecular formula is C26H29N. The zero-order chi connectivity index (χ0) is 18.5. The molecule has 1 unspecified atom stereocenters. The number of piperidine rings is 1. The van der Waals surface area contributed by atoms with Gasteiger partial charge in [-0.1, -0.05) is 104 Å². The predicted octanol–water partition coefficient (Wildman–Crippen LogP) is 6.22. The standard InChI is InChI=1S/C26H29N/c1-22(23-14-6-2-7-15-23)26(24-16-8-3-9-17-24,25-18-10-4-11-19-25)27-20-12-5-13-21-27/h2-4,6-11,14-19,22H,5,12-13,20-21H2,1H3. The second-order valence-corrected chi connectivity index (χ2v) is 7.68. The predicted molar refractivity (Wildman–Crippen MR) is 114 cm³/mol. The molecule has 0 aliphatic carbocycles. The molecule has 1 saturated heterocycles. The number of nitrogens with zero attached hydrogens (tertiary/aromatic N) is 1. The van der Waals surface area contributed by atoms with Crippen LogP contribution in [-0.4, -0.2) is 18.0 Å². The molecule has 4 rings (SSSR count). The summed E-state index contributed by atoms with van der Waals surface area (Å²) in [6, 6.07) is 33.3. The average Bonchev–Trinajstić information content (AvgIpc) is 2.77. The van der Waals surface area contributed by atoms with E-state index in [2.05, 4.69) is 103 Å². The fourth-order valence-corrected chi connectivity index (χ4v) is 4.92. The van der Waals surface area contributed by atoms with Gasteiger partial charge in [0.15, 0.2) is 0 Å². The maximum Gasteiger partial charge on any atom is 0.0782 e. The molecule has 138 valence electrons. The molecule has 0 bridgehead atoms. The van der Waals surface area contributed by atoms with Crippen LogP contribution in [0.15, 0.2) is 91.0 Å². The second-order valence-electron chi connectivity index (χ2n) is 7.68. The van der Waals surface area contributed by atoms with Gasteiger partial charge in [-0.15, -0.1) is 0 Å². The van der Waals surface area contributed by atoms with Crippen LogP contribution in [0.1, 0.15) is 48.8 Å². The highest BCUT2D eigenvalue weighted by molar-refractivity contribution is 5.44. The molecule has 1 nitrogen and oxygen atoms in total. The molecule has 0 saturated carbocycles. The van der Waals surface area contributed by atoms with E-state index in [1.54, 1.807) is 0 Å². The summed E-state index contributed by atoms with van der Waals surface area (Å²) in [5.41, 5.74) is 4.05. The zero-order valence-electron chi connectivity index (χ0n) is 16.2. The minimum absolute atomic E-state index is 0.149. The van der Waals surface area contributed by atoms with Gasteiger partial charge in [0.05, 0.1) is 5.54 Å².